The van der Waals surface area contributed by atoms with Crippen molar-refractivity contribution < 1.29 is 9.90 Å². The molecule has 0 aliphatic carbocycles. The molecule has 15 heavy (non-hydrogen) atoms. The van der Waals surface area contributed by atoms with Gasteiger partial charge in [0.25, 0.3) is 0 Å². The van der Waals surface area contributed by atoms with Crippen molar-refractivity contribution in [3.05, 3.63) is 23.8 Å². The predicted octanol–water partition coefficient (Wildman–Crippen LogP) is 2.83. The van der Waals surface area contributed by atoms with Crippen molar-refractivity contribution in [1.82, 2.24) is 0 Å². The minimum atomic E-state index is -0.0437. The Kier molecular flexibility index (Phi) is 4.16. The molecule has 0 fully saturated rings. The molecule has 0 aromatic heterocycles. The molecule has 3 heteroatoms. The van der Waals surface area contributed by atoms with Crippen LogP contribution in [-0.4, -0.2) is 11.0 Å². The van der Waals surface area contributed by atoms with Crippen molar-refractivity contribution in [3.8, 4) is 5.75 Å². The van der Waals surface area contributed by atoms with E-state index in [1.165, 1.54) is 0 Å². The van der Waals surface area contributed by atoms with Crippen LogP contribution >= 0.6 is 0 Å². The topological polar surface area (TPSA) is 49.3 Å². The largest absolute Gasteiger partial charge is 0.506 e. The van der Waals surface area contributed by atoms with Gasteiger partial charge in [-0.1, -0.05) is 19.4 Å². The highest BCUT2D eigenvalue weighted by atomic mass is 16.3. The lowest BCUT2D eigenvalue weighted by Crippen LogP contribution is -2.11. The van der Waals surface area contributed by atoms with E-state index in [4.69, 9.17) is 0 Å². The van der Waals surface area contributed by atoms with Crippen molar-refractivity contribution in [1.29, 1.82) is 0 Å². The number of aryl methyl sites for hydroxylation is 1. The average molecular weight is 207 g/mol. The highest BCUT2D eigenvalue weighted by molar-refractivity contribution is 5.92. The third-order valence-electron chi connectivity index (χ3n) is 2.18. The summed E-state index contributed by atoms with van der Waals surface area (Å²) in [5.74, 6) is 0.0724. The fraction of sp³-hybridized carbons (Fsp3) is 0.417. The highest BCUT2D eigenvalue weighted by Gasteiger charge is 2.05. The maximum Gasteiger partial charge on any atom is 0.224 e. The number of aromatic hydroxyl groups is 1. The minimum Gasteiger partial charge on any atom is -0.506 e. The molecule has 0 aliphatic rings. The molecule has 0 bridgehead atoms. The summed E-state index contributed by atoms with van der Waals surface area (Å²) in [5.41, 5.74) is 1.51. The van der Waals surface area contributed by atoms with Crippen molar-refractivity contribution in [2.45, 2.75) is 33.1 Å². The molecule has 0 heterocycles. The van der Waals surface area contributed by atoms with Crippen molar-refractivity contribution in [3.63, 3.8) is 0 Å². The summed E-state index contributed by atoms with van der Waals surface area (Å²) in [7, 11) is 0. The number of hydrogen-bond acceptors (Lipinski definition) is 2. The quantitative estimate of drug-likeness (QED) is 0.746. The third kappa shape index (κ3) is 3.62. The fourth-order valence-corrected chi connectivity index (χ4v) is 1.30. The Hall–Kier alpha value is -1.51. The summed E-state index contributed by atoms with van der Waals surface area (Å²) in [5, 5.41) is 12.2. The first kappa shape index (κ1) is 11.6. The molecule has 2 N–H and O–H groups in total. The maximum absolute atomic E-state index is 11.4. The zero-order valence-electron chi connectivity index (χ0n) is 9.21. The first-order valence-electron chi connectivity index (χ1n) is 5.23. The Balaban J connectivity index is 2.63. The van der Waals surface area contributed by atoms with Crippen LogP contribution in [0.1, 0.15) is 31.7 Å². The highest BCUT2D eigenvalue weighted by Crippen LogP contribution is 2.23. The van der Waals surface area contributed by atoms with E-state index >= 15 is 0 Å². The predicted molar refractivity (Wildman–Crippen MR) is 61.0 cm³/mol. The number of hydrogen-bond donors (Lipinski definition) is 2. The number of carbonyl (C=O) groups excluding carboxylic acids is 1. The molecular weight excluding hydrogens is 190 g/mol. The number of unbranched alkanes of at least 4 members (excludes halogenated alkanes) is 1. The van der Waals surface area contributed by atoms with Crippen LogP contribution in [0.4, 0.5) is 5.69 Å². The number of phenols is 1. The van der Waals surface area contributed by atoms with Crippen LogP contribution in [0.2, 0.25) is 0 Å². The molecule has 0 aliphatic heterocycles. The molecule has 1 aromatic carbocycles. The van der Waals surface area contributed by atoms with E-state index < -0.39 is 0 Å². The number of rotatable bonds is 4. The van der Waals surface area contributed by atoms with E-state index in [1.807, 2.05) is 13.8 Å². The van der Waals surface area contributed by atoms with Crippen LogP contribution in [0.5, 0.6) is 5.75 Å². The number of benzene rings is 1. The van der Waals surface area contributed by atoms with Crippen LogP contribution in [0.3, 0.4) is 0 Å². The summed E-state index contributed by atoms with van der Waals surface area (Å²) < 4.78 is 0. The van der Waals surface area contributed by atoms with Crippen LogP contribution in [-0.2, 0) is 4.79 Å². The molecule has 0 atom stereocenters. The summed E-state index contributed by atoms with van der Waals surface area (Å²) >= 11 is 0. The number of amides is 1. The Labute approximate surface area is 90.1 Å². The standard InChI is InChI=1S/C12H17NO2/c1-3-4-5-12(15)13-10-8-9(2)6-7-11(10)14/h6-8,14H,3-5H2,1-2H3,(H,13,15). The van der Waals surface area contributed by atoms with Gasteiger partial charge in [-0.2, -0.15) is 0 Å². The van der Waals surface area contributed by atoms with E-state index in [2.05, 4.69) is 5.32 Å². The average Bonchev–Trinajstić information content (AvgIpc) is 2.20. The molecule has 0 unspecified atom stereocenters. The van der Waals surface area contributed by atoms with Crippen LogP contribution in [0.25, 0.3) is 0 Å². The van der Waals surface area contributed by atoms with Gasteiger partial charge in [-0.3, -0.25) is 4.79 Å². The van der Waals surface area contributed by atoms with E-state index in [0.717, 1.165) is 18.4 Å². The number of phenolic OH excluding ortho intramolecular Hbond substituents is 1. The van der Waals surface area contributed by atoms with Crippen LogP contribution in [0.15, 0.2) is 18.2 Å². The molecule has 1 amide bonds. The fourth-order valence-electron chi connectivity index (χ4n) is 1.30. The van der Waals surface area contributed by atoms with Gasteiger partial charge in [-0.05, 0) is 31.0 Å². The number of anilines is 1. The second-order valence-electron chi connectivity index (χ2n) is 3.67. The van der Waals surface area contributed by atoms with Gasteiger partial charge in [0.05, 0.1) is 5.69 Å². The molecule has 1 rings (SSSR count). The first-order valence-corrected chi connectivity index (χ1v) is 5.23. The van der Waals surface area contributed by atoms with Gasteiger partial charge in [0.1, 0.15) is 5.75 Å². The van der Waals surface area contributed by atoms with Gasteiger partial charge in [0.2, 0.25) is 5.91 Å². The lowest BCUT2D eigenvalue weighted by atomic mass is 10.2. The van der Waals surface area contributed by atoms with E-state index in [9.17, 15) is 9.90 Å². The summed E-state index contributed by atoms with van der Waals surface area (Å²) in [4.78, 5) is 11.4. The molecule has 1 aromatic rings. The molecule has 0 saturated carbocycles. The van der Waals surface area contributed by atoms with Gasteiger partial charge in [-0.15, -0.1) is 0 Å². The summed E-state index contributed by atoms with van der Waals surface area (Å²) in [6, 6.07) is 5.15. The van der Waals surface area contributed by atoms with Crippen LogP contribution < -0.4 is 5.32 Å². The minimum absolute atomic E-state index is 0.0437. The number of carbonyl (C=O) groups is 1. The third-order valence-corrected chi connectivity index (χ3v) is 2.18. The summed E-state index contributed by atoms with van der Waals surface area (Å²) in [6.07, 6.45) is 2.37. The monoisotopic (exact) mass is 207 g/mol. The Morgan fingerprint density at radius 1 is 1.47 bits per heavy atom. The summed E-state index contributed by atoms with van der Waals surface area (Å²) in [6.45, 7) is 3.96. The Morgan fingerprint density at radius 3 is 2.87 bits per heavy atom. The van der Waals surface area contributed by atoms with Crippen molar-refractivity contribution in [2.75, 3.05) is 5.32 Å². The van der Waals surface area contributed by atoms with Gasteiger partial charge in [0, 0.05) is 6.42 Å². The lowest BCUT2D eigenvalue weighted by molar-refractivity contribution is -0.116. The molecule has 0 spiro atoms. The van der Waals surface area contributed by atoms with E-state index in [0.29, 0.717) is 12.1 Å². The first-order chi connectivity index (χ1) is 7.13. The molecule has 3 nitrogen and oxygen atoms in total. The second-order valence-corrected chi connectivity index (χ2v) is 3.67. The van der Waals surface area contributed by atoms with Gasteiger partial charge >= 0.3 is 0 Å². The van der Waals surface area contributed by atoms with E-state index in [-0.39, 0.29) is 11.7 Å². The normalized spacial score (nSPS) is 10.0. The van der Waals surface area contributed by atoms with Crippen molar-refractivity contribution in [2.24, 2.45) is 0 Å². The molecular formula is C12H17NO2. The zero-order chi connectivity index (χ0) is 11.3. The van der Waals surface area contributed by atoms with Gasteiger partial charge in [0.15, 0.2) is 0 Å². The Morgan fingerprint density at radius 2 is 2.20 bits per heavy atom. The van der Waals surface area contributed by atoms with Gasteiger partial charge < -0.3 is 10.4 Å². The molecule has 0 saturated heterocycles. The maximum atomic E-state index is 11.4. The molecule has 82 valence electrons. The van der Waals surface area contributed by atoms with Gasteiger partial charge in [-0.25, -0.2) is 0 Å². The lowest BCUT2D eigenvalue weighted by Gasteiger charge is -2.07. The number of nitrogens with one attached hydrogen (secondary N) is 1. The SMILES string of the molecule is CCCCC(=O)Nc1cc(C)ccc1O. The van der Waals surface area contributed by atoms with E-state index in [1.54, 1.807) is 18.2 Å². The smallest absolute Gasteiger partial charge is 0.224 e. The Bertz CT molecular complexity index is 347. The van der Waals surface area contributed by atoms with Crippen molar-refractivity contribution >= 4 is 11.6 Å². The molecule has 0 radical (unpaired) electrons. The second kappa shape index (κ2) is 5.39. The zero-order valence-corrected chi connectivity index (χ0v) is 9.21. The van der Waals surface area contributed by atoms with Crippen LogP contribution in [0, 0.1) is 6.92 Å².